The Bertz CT molecular complexity index is 1800. The summed E-state index contributed by atoms with van der Waals surface area (Å²) in [5, 5.41) is 3.42. The zero-order chi connectivity index (χ0) is 25.6. The van der Waals surface area contributed by atoms with Gasteiger partial charge in [-0.05, 0) is 42.8 Å². The molecule has 1 unspecified atom stereocenters. The lowest BCUT2D eigenvalue weighted by Crippen LogP contribution is -2.22. The summed E-state index contributed by atoms with van der Waals surface area (Å²) in [6.45, 7) is 1.54. The minimum Gasteiger partial charge on any atom is -0.423 e. The van der Waals surface area contributed by atoms with Gasteiger partial charge < -0.3 is 9.73 Å². The Morgan fingerprint density at radius 3 is 2.83 bits per heavy atom. The molecule has 0 amide bonds. The summed E-state index contributed by atoms with van der Waals surface area (Å²) in [5.74, 6) is 3.46. The highest BCUT2D eigenvalue weighted by Gasteiger charge is 2.33. The number of fused-ring (bicyclic) bond motifs is 2. The number of aryl methyl sites for hydroxylation is 1. The van der Waals surface area contributed by atoms with Crippen molar-refractivity contribution in [3.63, 3.8) is 0 Å². The van der Waals surface area contributed by atoms with Crippen LogP contribution in [0.2, 0.25) is 0 Å². The Kier molecular flexibility index (Phi) is 5.74. The molecule has 3 aromatic rings. The number of amidine groups is 1. The molecule has 5 rings (SSSR count). The number of halogens is 2. The van der Waals surface area contributed by atoms with E-state index in [-0.39, 0.29) is 26.6 Å². The van der Waals surface area contributed by atoms with E-state index < -0.39 is 38.9 Å². The number of hydrogen-bond acceptors (Lipinski definition) is 7. The Labute approximate surface area is 209 Å². The highest BCUT2D eigenvalue weighted by molar-refractivity contribution is 7.92. The predicted molar refractivity (Wildman–Crippen MR) is 133 cm³/mol. The monoisotopic (exact) mass is 523 g/mol. The molecule has 0 radical (unpaired) electrons. The fraction of sp³-hybridized carbons (Fsp3) is 0.0800. The van der Waals surface area contributed by atoms with Gasteiger partial charge in [-0.15, -0.1) is 0 Å². The summed E-state index contributed by atoms with van der Waals surface area (Å²) >= 11 is 5.90. The average Bonchev–Trinajstić information content (AvgIpc) is 3.16. The molecule has 1 atom stereocenters. The van der Waals surface area contributed by atoms with Crippen LogP contribution in [0.4, 0.5) is 10.1 Å². The number of carbonyl (C=O) groups is 1. The average molecular weight is 524 g/mol. The molecule has 0 spiro atoms. The van der Waals surface area contributed by atoms with Crippen LogP contribution in [-0.4, -0.2) is 20.0 Å². The van der Waals surface area contributed by atoms with Crippen LogP contribution >= 0.6 is 11.6 Å². The summed E-state index contributed by atoms with van der Waals surface area (Å²) in [6.07, 6.45) is 2.75. The number of aliphatic imine (C=N–C) groups is 1. The minimum atomic E-state index is -4.25. The van der Waals surface area contributed by atoms with Gasteiger partial charge in [-0.2, -0.15) is 0 Å². The number of rotatable bonds is 5. The quantitative estimate of drug-likeness (QED) is 0.298. The molecule has 2 aliphatic heterocycles. The Morgan fingerprint density at radius 2 is 2.03 bits per heavy atom. The number of anilines is 1. The molecule has 0 fully saturated rings. The SMILES string of the molecule is Cc1ccc(NS(=O)(=O)c2ccc3oc(=O)ccc3c2)c(F)c1C(=O)C1=CNC2=NC=C(Cl)C#CC12. The molecule has 2 N–H and O–H groups in total. The van der Waals surface area contributed by atoms with Crippen LogP contribution in [0.15, 0.2) is 84.6 Å². The van der Waals surface area contributed by atoms with Crippen molar-refractivity contribution in [1.82, 2.24) is 5.32 Å². The lowest BCUT2D eigenvalue weighted by molar-refractivity contribution is 0.102. The van der Waals surface area contributed by atoms with Gasteiger partial charge in [0.25, 0.3) is 10.0 Å². The fourth-order valence-electron chi connectivity index (χ4n) is 3.82. The van der Waals surface area contributed by atoms with Crippen molar-refractivity contribution in [2.24, 2.45) is 10.9 Å². The third-order valence-corrected chi connectivity index (χ3v) is 7.15. The zero-order valence-electron chi connectivity index (χ0n) is 18.4. The van der Waals surface area contributed by atoms with Gasteiger partial charge in [-0.3, -0.25) is 9.52 Å². The number of benzene rings is 2. The molecule has 2 aromatic carbocycles. The first-order valence-electron chi connectivity index (χ1n) is 10.5. The highest BCUT2D eigenvalue weighted by atomic mass is 35.5. The van der Waals surface area contributed by atoms with Gasteiger partial charge in [0.15, 0.2) is 11.6 Å². The fourth-order valence-corrected chi connectivity index (χ4v) is 5.01. The third kappa shape index (κ3) is 4.19. The van der Waals surface area contributed by atoms with E-state index in [2.05, 4.69) is 26.9 Å². The molecule has 1 aromatic heterocycles. The third-order valence-electron chi connectivity index (χ3n) is 5.60. The van der Waals surface area contributed by atoms with E-state index in [1.54, 1.807) is 6.92 Å². The van der Waals surface area contributed by atoms with Gasteiger partial charge in [0.2, 0.25) is 0 Å². The molecule has 0 aliphatic carbocycles. The molecular formula is C25H15ClFN3O5S. The van der Waals surface area contributed by atoms with Crippen LogP contribution < -0.4 is 15.7 Å². The Balaban J connectivity index is 1.49. The number of nitrogens with zero attached hydrogens (tertiary/aromatic N) is 1. The molecule has 8 nitrogen and oxygen atoms in total. The van der Waals surface area contributed by atoms with Crippen LogP contribution in [0.3, 0.4) is 0 Å². The maximum absolute atomic E-state index is 15.6. The largest absolute Gasteiger partial charge is 0.423 e. The molecule has 2 aliphatic rings. The molecule has 3 heterocycles. The van der Waals surface area contributed by atoms with Gasteiger partial charge in [-0.25, -0.2) is 22.6 Å². The summed E-state index contributed by atoms with van der Waals surface area (Å²) in [5.41, 5.74) is -0.606. The summed E-state index contributed by atoms with van der Waals surface area (Å²) < 4.78 is 48.9. The van der Waals surface area contributed by atoms with Crippen LogP contribution in [0.5, 0.6) is 0 Å². The maximum atomic E-state index is 15.6. The lowest BCUT2D eigenvalue weighted by atomic mass is 9.91. The number of sulfonamides is 1. The van der Waals surface area contributed by atoms with Crippen LogP contribution in [0, 0.1) is 30.5 Å². The standard InChI is InChI=1S/C25H15ClFN3O5S/c1-13-2-7-19(30-36(33,34)16-5-8-20-14(10-16)3-9-21(31)35-20)23(27)22(13)24(32)18-12-29-25-17(18)6-4-15(26)11-28-25/h2-3,5,7-12,17,30H,1H3,(H,28,29). The van der Waals surface area contributed by atoms with Crippen molar-refractivity contribution in [3.05, 3.63) is 92.8 Å². The number of Topliss-reactive ketones (excluding diaryl/α,β-unsaturated/α-hetero) is 1. The first-order valence-corrected chi connectivity index (χ1v) is 12.3. The van der Waals surface area contributed by atoms with Crippen molar-refractivity contribution < 1.29 is 22.0 Å². The van der Waals surface area contributed by atoms with Crippen molar-refractivity contribution in [2.45, 2.75) is 11.8 Å². The van der Waals surface area contributed by atoms with E-state index >= 15 is 4.39 Å². The van der Waals surface area contributed by atoms with Gasteiger partial charge in [0.05, 0.1) is 22.3 Å². The second-order valence-corrected chi connectivity index (χ2v) is 10.0. The van der Waals surface area contributed by atoms with Gasteiger partial charge >= 0.3 is 5.63 Å². The van der Waals surface area contributed by atoms with Gasteiger partial charge in [0.1, 0.15) is 22.4 Å². The van der Waals surface area contributed by atoms with E-state index in [1.807, 2.05) is 0 Å². The highest BCUT2D eigenvalue weighted by Crippen LogP contribution is 2.30. The molecular weight excluding hydrogens is 509 g/mol. The van der Waals surface area contributed by atoms with Crippen molar-refractivity contribution in [1.29, 1.82) is 0 Å². The topological polar surface area (TPSA) is 118 Å². The van der Waals surface area contributed by atoms with Crippen LogP contribution in [-0.2, 0) is 10.0 Å². The Hall–Kier alpha value is -4.20. The first-order chi connectivity index (χ1) is 17.1. The van der Waals surface area contributed by atoms with E-state index in [1.165, 1.54) is 48.8 Å². The molecule has 0 saturated heterocycles. The normalized spacial score (nSPS) is 16.5. The summed E-state index contributed by atoms with van der Waals surface area (Å²) in [4.78, 5) is 28.7. The second kappa shape index (κ2) is 8.78. The molecule has 0 bridgehead atoms. The first kappa shape index (κ1) is 23.5. The minimum absolute atomic E-state index is 0.152. The number of ketones is 1. The molecule has 36 heavy (non-hydrogen) atoms. The van der Waals surface area contributed by atoms with Crippen LogP contribution in [0.25, 0.3) is 11.0 Å². The predicted octanol–water partition coefficient (Wildman–Crippen LogP) is 3.82. The van der Waals surface area contributed by atoms with Crippen molar-refractivity contribution >= 4 is 49.9 Å². The number of allylic oxidation sites excluding steroid dienone is 1. The van der Waals surface area contributed by atoms with E-state index in [4.69, 9.17) is 16.0 Å². The lowest BCUT2D eigenvalue weighted by Gasteiger charge is -2.15. The zero-order valence-corrected chi connectivity index (χ0v) is 20.0. The smallest absolute Gasteiger partial charge is 0.336 e. The van der Waals surface area contributed by atoms with E-state index in [0.717, 1.165) is 6.07 Å². The van der Waals surface area contributed by atoms with Gasteiger partial charge in [0, 0.05) is 23.2 Å². The number of hydrogen-bond donors (Lipinski definition) is 2. The number of nitrogens with one attached hydrogen (secondary N) is 2. The molecule has 0 saturated carbocycles. The summed E-state index contributed by atoms with van der Waals surface area (Å²) in [7, 11) is -4.25. The molecule has 180 valence electrons. The second-order valence-electron chi connectivity index (χ2n) is 7.95. The van der Waals surface area contributed by atoms with Gasteiger partial charge in [-0.1, -0.05) is 29.5 Å². The Morgan fingerprint density at radius 1 is 1.22 bits per heavy atom. The molecule has 11 heteroatoms. The van der Waals surface area contributed by atoms with Crippen LogP contribution in [0.1, 0.15) is 15.9 Å². The van der Waals surface area contributed by atoms with E-state index in [9.17, 15) is 18.0 Å². The van der Waals surface area contributed by atoms with Crippen molar-refractivity contribution in [3.8, 4) is 11.8 Å². The van der Waals surface area contributed by atoms with E-state index in [0.29, 0.717) is 16.8 Å². The number of carbonyl (C=O) groups excluding carboxylic acids is 1. The van der Waals surface area contributed by atoms with Crippen molar-refractivity contribution in [2.75, 3.05) is 4.72 Å². The summed E-state index contributed by atoms with van der Waals surface area (Å²) in [6, 6.07) is 9.11. The maximum Gasteiger partial charge on any atom is 0.336 e.